The minimum absolute atomic E-state index is 0.114. The molecule has 0 spiro atoms. The summed E-state index contributed by atoms with van der Waals surface area (Å²) in [6.07, 6.45) is 6.23. The van der Waals surface area contributed by atoms with E-state index in [1.807, 2.05) is 19.2 Å². The molecule has 2 aromatic rings. The van der Waals surface area contributed by atoms with Crippen LogP contribution in [0.5, 0.6) is 0 Å². The molecule has 7 nitrogen and oxygen atoms in total. The van der Waals surface area contributed by atoms with Gasteiger partial charge in [-0.15, -0.1) is 0 Å². The zero-order chi connectivity index (χ0) is 13.7. The van der Waals surface area contributed by atoms with Gasteiger partial charge in [-0.25, -0.2) is 18.1 Å². The molecule has 0 saturated heterocycles. The molecule has 0 atom stereocenters. The molecule has 104 valence electrons. The third-order valence-electron chi connectivity index (χ3n) is 2.64. The first kappa shape index (κ1) is 13.8. The fourth-order valence-electron chi connectivity index (χ4n) is 1.62. The largest absolute Gasteiger partial charge is 0.332 e. The van der Waals surface area contributed by atoms with Gasteiger partial charge in [-0.05, 0) is 12.5 Å². The fourth-order valence-corrected chi connectivity index (χ4v) is 2.63. The number of sulfonamides is 1. The van der Waals surface area contributed by atoms with Gasteiger partial charge in [0.2, 0.25) is 0 Å². The summed E-state index contributed by atoms with van der Waals surface area (Å²) in [5, 5.41) is 4.16. The van der Waals surface area contributed by atoms with Gasteiger partial charge in [0, 0.05) is 31.9 Å². The van der Waals surface area contributed by atoms with Crippen LogP contribution in [-0.2, 0) is 23.0 Å². The first-order chi connectivity index (χ1) is 9.12. The Labute approximate surface area is 112 Å². The second kappa shape index (κ2) is 5.98. The molecule has 2 heterocycles. The van der Waals surface area contributed by atoms with Gasteiger partial charge in [0.25, 0.3) is 10.0 Å². The molecule has 2 N–H and O–H groups in total. The van der Waals surface area contributed by atoms with Gasteiger partial charge in [0.15, 0.2) is 5.03 Å². The first-order valence-corrected chi connectivity index (χ1v) is 7.61. The van der Waals surface area contributed by atoms with E-state index in [9.17, 15) is 8.42 Å². The minimum atomic E-state index is -3.49. The smallest absolute Gasteiger partial charge is 0.257 e. The quantitative estimate of drug-likeness (QED) is 0.725. The summed E-state index contributed by atoms with van der Waals surface area (Å²) in [6, 6.07) is 1.83. The van der Waals surface area contributed by atoms with Crippen LogP contribution in [-0.4, -0.2) is 34.7 Å². The van der Waals surface area contributed by atoms with Crippen LogP contribution in [0.4, 0.5) is 0 Å². The molecule has 8 heteroatoms. The number of hydrogen-bond donors (Lipinski definition) is 2. The van der Waals surface area contributed by atoms with Crippen LogP contribution in [0.1, 0.15) is 19.2 Å². The highest BCUT2D eigenvalue weighted by molar-refractivity contribution is 7.89. The predicted molar refractivity (Wildman–Crippen MR) is 70.0 cm³/mol. The fraction of sp³-hybridized carbons (Fsp3) is 0.455. The van der Waals surface area contributed by atoms with Crippen LogP contribution in [0.2, 0.25) is 0 Å². The Kier molecular flexibility index (Phi) is 4.33. The van der Waals surface area contributed by atoms with Crippen molar-refractivity contribution >= 4 is 10.0 Å². The molecule has 0 saturated carbocycles. The number of H-pyrrole nitrogens is 1. The maximum atomic E-state index is 11.9. The van der Waals surface area contributed by atoms with Crippen molar-refractivity contribution in [3.05, 3.63) is 30.5 Å². The zero-order valence-electron chi connectivity index (χ0n) is 10.7. The molecule has 0 unspecified atom stereocenters. The van der Waals surface area contributed by atoms with Crippen molar-refractivity contribution in [2.75, 3.05) is 6.54 Å². The summed E-state index contributed by atoms with van der Waals surface area (Å²) in [5.74, 6) is 0.664. The van der Waals surface area contributed by atoms with Crippen molar-refractivity contribution in [3.8, 4) is 0 Å². The molecule has 0 fully saturated rings. The Balaban J connectivity index is 1.84. The Morgan fingerprint density at radius 2 is 2.32 bits per heavy atom. The molecule has 2 aromatic heterocycles. The van der Waals surface area contributed by atoms with Gasteiger partial charge in [-0.1, -0.05) is 6.92 Å². The highest BCUT2D eigenvalue weighted by Gasteiger charge is 2.15. The van der Waals surface area contributed by atoms with E-state index >= 15 is 0 Å². The van der Waals surface area contributed by atoms with E-state index in [0.717, 1.165) is 0 Å². The first-order valence-electron chi connectivity index (χ1n) is 6.13. The summed E-state index contributed by atoms with van der Waals surface area (Å²) in [5.41, 5.74) is 0. The van der Waals surface area contributed by atoms with Gasteiger partial charge < -0.3 is 4.98 Å². The second-order valence-corrected chi connectivity index (χ2v) is 5.80. The van der Waals surface area contributed by atoms with Crippen LogP contribution in [0, 0.1) is 0 Å². The van der Waals surface area contributed by atoms with E-state index in [1.165, 1.54) is 6.20 Å². The monoisotopic (exact) mass is 283 g/mol. The van der Waals surface area contributed by atoms with Crippen LogP contribution >= 0.6 is 0 Å². The number of rotatable bonds is 7. The summed E-state index contributed by atoms with van der Waals surface area (Å²) in [6.45, 7) is 2.95. The van der Waals surface area contributed by atoms with Crippen LogP contribution in [0.15, 0.2) is 29.7 Å². The SMILES string of the molecule is CCc1ncc(S(=O)(=O)NCCCn2cccn2)[nH]1. The normalized spacial score (nSPS) is 11.8. The number of hydrogen-bond acceptors (Lipinski definition) is 4. The van der Waals surface area contributed by atoms with E-state index in [4.69, 9.17) is 0 Å². The van der Waals surface area contributed by atoms with E-state index in [1.54, 1.807) is 10.9 Å². The van der Waals surface area contributed by atoms with Gasteiger partial charge in [-0.2, -0.15) is 5.10 Å². The van der Waals surface area contributed by atoms with E-state index in [0.29, 0.717) is 31.8 Å². The number of imidazole rings is 1. The van der Waals surface area contributed by atoms with Crippen molar-refractivity contribution in [3.63, 3.8) is 0 Å². The molecule has 0 aliphatic carbocycles. The third kappa shape index (κ3) is 3.65. The number of nitrogens with zero attached hydrogens (tertiary/aromatic N) is 3. The van der Waals surface area contributed by atoms with Crippen molar-refractivity contribution in [2.24, 2.45) is 0 Å². The standard InChI is InChI=1S/C11H17N5O2S/c1-2-10-12-9-11(15-10)19(17,18)14-6-4-8-16-7-3-5-13-16/h3,5,7,9,14H,2,4,6,8H2,1H3,(H,12,15). The van der Waals surface area contributed by atoms with E-state index in [-0.39, 0.29) is 5.03 Å². The van der Waals surface area contributed by atoms with Gasteiger partial charge in [-0.3, -0.25) is 4.68 Å². The number of aryl methyl sites for hydroxylation is 2. The Morgan fingerprint density at radius 1 is 1.47 bits per heavy atom. The van der Waals surface area contributed by atoms with Gasteiger partial charge in [0.05, 0.1) is 6.20 Å². The van der Waals surface area contributed by atoms with E-state index < -0.39 is 10.0 Å². The maximum Gasteiger partial charge on any atom is 0.257 e. The highest BCUT2D eigenvalue weighted by Crippen LogP contribution is 2.05. The lowest BCUT2D eigenvalue weighted by molar-refractivity contribution is 0.551. The average molecular weight is 283 g/mol. The lowest BCUT2D eigenvalue weighted by Crippen LogP contribution is -2.26. The zero-order valence-corrected chi connectivity index (χ0v) is 11.5. The Hall–Kier alpha value is -1.67. The van der Waals surface area contributed by atoms with E-state index in [2.05, 4.69) is 19.8 Å². The number of nitrogens with one attached hydrogen (secondary N) is 2. The molecule has 0 aliphatic heterocycles. The molecule has 0 aromatic carbocycles. The Morgan fingerprint density at radius 3 is 2.95 bits per heavy atom. The molecular formula is C11H17N5O2S. The lowest BCUT2D eigenvalue weighted by Gasteiger charge is -2.04. The van der Waals surface area contributed by atoms with Gasteiger partial charge in [0.1, 0.15) is 5.82 Å². The topological polar surface area (TPSA) is 92.7 Å². The maximum absolute atomic E-state index is 11.9. The number of aromatic nitrogens is 4. The Bertz CT molecular complexity index is 603. The van der Waals surface area contributed by atoms with Crippen LogP contribution in [0.25, 0.3) is 0 Å². The second-order valence-electron chi connectivity index (χ2n) is 4.07. The minimum Gasteiger partial charge on any atom is -0.332 e. The number of aromatic amines is 1. The summed E-state index contributed by atoms with van der Waals surface area (Å²) < 4.78 is 28.1. The molecule has 2 rings (SSSR count). The predicted octanol–water partition coefficient (Wildman–Crippen LogP) is 0.537. The van der Waals surface area contributed by atoms with Crippen molar-refractivity contribution in [2.45, 2.75) is 31.3 Å². The molecule has 0 radical (unpaired) electrons. The molecular weight excluding hydrogens is 266 g/mol. The molecule has 0 amide bonds. The molecule has 19 heavy (non-hydrogen) atoms. The summed E-state index contributed by atoms with van der Waals surface area (Å²) in [7, 11) is -3.49. The molecule has 0 bridgehead atoms. The summed E-state index contributed by atoms with van der Waals surface area (Å²) in [4.78, 5) is 6.76. The van der Waals surface area contributed by atoms with Gasteiger partial charge >= 0.3 is 0 Å². The van der Waals surface area contributed by atoms with Crippen LogP contribution < -0.4 is 4.72 Å². The average Bonchev–Trinajstić information content (AvgIpc) is 3.05. The molecule has 0 aliphatic rings. The van der Waals surface area contributed by atoms with Crippen molar-refractivity contribution in [1.29, 1.82) is 0 Å². The summed E-state index contributed by atoms with van der Waals surface area (Å²) >= 11 is 0. The third-order valence-corrected chi connectivity index (χ3v) is 4.02. The van der Waals surface area contributed by atoms with Crippen LogP contribution in [0.3, 0.4) is 0 Å². The van der Waals surface area contributed by atoms with Crippen molar-refractivity contribution in [1.82, 2.24) is 24.5 Å². The highest BCUT2D eigenvalue weighted by atomic mass is 32.2. The lowest BCUT2D eigenvalue weighted by atomic mass is 10.4. The van der Waals surface area contributed by atoms with Crippen molar-refractivity contribution < 1.29 is 8.42 Å².